The Bertz CT molecular complexity index is 2150. The first kappa shape index (κ1) is 29.1. The van der Waals surface area contributed by atoms with Crippen LogP contribution in [0.25, 0.3) is 33.5 Å². The van der Waals surface area contributed by atoms with Gasteiger partial charge in [-0.3, -0.25) is 9.59 Å². The zero-order valence-electron chi connectivity index (χ0n) is 22.9. The van der Waals surface area contributed by atoms with Gasteiger partial charge < -0.3 is 19.2 Å². The third-order valence-electron chi connectivity index (χ3n) is 6.52. The Balaban J connectivity index is 1.32. The number of aromatic nitrogens is 2. The van der Waals surface area contributed by atoms with E-state index in [2.05, 4.69) is 31.3 Å². The van der Waals surface area contributed by atoms with Crippen LogP contribution in [0.15, 0.2) is 104 Å². The highest BCUT2D eigenvalue weighted by Gasteiger charge is 2.18. The predicted octanol–water partition coefficient (Wildman–Crippen LogP) is 7.27. The van der Waals surface area contributed by atoms with Crippen molar-refractivity contribution in [1.29, 1.82) is 0 Å². The normalized spacial score (nSPS) is 11.4. The van der Waals surface area contributed by atoms with Crippen LogP contribution in [-0.4, -0.2) is 35.5 Å². The summed E-state index contributed by atoms with van der Waals surface area (Å²) < 4.78 is 33.0. The molecule has 12 heteroatoms. The highest BCUT2D eigenvalue weighted by molar-refractivity contribution is 9.10. The standard InChI is InChI=1S/C32H21BrClFN4O5/c1-42-27-13-18(12-22(34)30(27)43-17-29(40)37-25-9-5-3-7-23(25)35)16-36-39-31(38-24-8-4-2-6-21(24)32(39)41)28-15-19-14-20(33)10-11-26(19)44-28/h2-16H,17H2,1H3,(H,37,40). The number of carbonyl (C=O) groups is 1. The molecule has 44 heavy (non-hydrogen) atoms. The Labute approximate surface area is 262 Å². The molecule has 2 heterocycles. The number of hydrogen-bond acceptors (Lipinski definition) is 7. The number of carbonyl (C=O) groups excluding carboxylic acids is 1. The van der Waals surface area contributed by atoms with Gasteiger partial charge in [-0.25, -0.2) is 9.37 Å². The molecular weight excluding hydrogens is 655 g/mol. The summed E-state index contributed by atoms with van der Waals surface area (Å²) in [6, 6.07) is 23.2. The Hall–Kier alpha value is -5.00. The number of fused-ring (bicyclic) bond motifs is 2. The Kier molecular flexibility index (Phi) is 8.14. The van der Waals surface area contributed by atoms with Crippen molar-refractivity contribution in [3.05, 3.63) is 116 Å². The van der Waals surface area contributed by atoms with Gasteiger partial charge in [0, 0.05) is 9.86 Å². The van der Waals surface area contributed by atoms with Gasteiger partial charge in [-0.2, -0.15) is 9.78 Å². The molecule has 4 aromatic carbocycles. The lowest BCUT2D eigenvalue weighted by molar-refractivity contribution is -0.118. The first-order valence-electron chi connectivity index (χ1n) is 13.1. The number of amides is 1. The Morgan fingerprint density at radius 2 is 1.91 bits per heavy atom. The molecule has 0 aliphatic heterocycles. The molecule has 1 amide bonds. The largest absolute Gasteiger partial charge is 0.493 e. The summed E-state index contributed by atoms with van der Waals surface area (Å²) in [5.41, 5.74) is 1.21. The molecule has 2 aromatic heterocycles. The van der Waals surface area contributed by atoms with Crippen LogP contribution in [0, 0.1) is 5.82 Å². The molecule has 0 aliphatic carbocycles. The second-order valence-corrected chi connectivity index (χ2v) is 10.8. The lowest BCUT2D eigenvalue weighted by atomic mass is 10.2. The smallest absolute Gasteiger partial charge is 0.282 e. The number of halogens is 3. The maximum atomic E-state index is 13.9. The van der Waals surface area contributed by atoms with Gasteiger partial charge in [0.05, 0.1) is 34.9 Å². The van der Waals surface area contributed by atoms with E-state index < -0.39 is 23.9 Å². The summed E-state index contributed by atoms with van der Waals surface area (Å²) in [7, 11) is 1.41. The average molecular weight is 676 g/mol. The molecule has 0 atom stereocenters. The van der Waals surface area contributed by atoms with E-state index in [4.69, 9.17) is 25.5 Å². The molecule has 9 nitrogen and oxygen atoms in total. The van der Waals surface area contributed by atoms with Crippen LogP contribution in [0.5, 0.6) is 11.5 Å². The number of nitrogens with zero attached hydrogens (tertiary/aromatic N) is 3. The number of nitrogens with one attached hydrogen (secondary N) is 1. The van der Waals surface area contributed by atoms with Crippen molar-refractivity contribution in [1.82, 2.24) is 9.66 Å². The zero-order chi connectivity index (χ0) is 30.8. The van der Waals surface area contributed by atoms with Crippen LogP contribution in [0.4, 0.5) is 10.1 Å². The lowest BCUT2D eigenvalue weighted by Gasteiger charge is -2.13. The second-order valence-electron chi connectivity index (χ2n) is 9.46. The number of hydrogen-bond donors (Lipinski definition) is 1. The fraction of sp³-hybridized carbons (Fsp3) is 0.0625. The van der Waals surface area contributed by atoms with Crippen LogP contribution in [0.3, 0.4) is 0 Å². The molecular formula is C32H21BrClFN4O5. The van der Waals surface area contributed by atoms with Crippen LogP contribution in [0.2, 0.25) is 5.02 Å². The molecule has 6 rings (SSSR count). The maximum absolute atomic E-state index is 13.9. The van der Waals surface area contributed by atoms with Crippen LogP contribution in [-0.2, 0) is 4.79 Å². The van der Waals surface area contributed by atoms with Gasteiger partial charge in [0.15, 0.2) is 23.9 Å². The summed E-state index contributed by atoms with van der Waals surface area (Å²) >= 11 is 9.96. The Morgan fingerprint density at radius 1 is 1.11 bits per heavy atom. The van der Waals surface area contributed by atoms with Gasteiger partial charge in [-0.15, -0.1) is 0 Å². The molecule has 6 aromatic rings. The highest BCUT2D eigenvalue weighted by Crippen LogP contribution is 2.36. The number of methoxy groups -OCH3 is 1. The SMILES string of the molecule is COc1cc(C=Nn2c(-c3cc4cc(Br)ccc4o3)nc3ccccc3c2=O)cc(Cl)c1OCC(=O)Nc1ccccc1F. The van der Waals surface area contributed by atoms with Gasteiger partial charge >= 0.3 is 0 Å². The van der Waals surface area contributed by atoms with Gasteiger partial charge in [0.1, 0.15) is 11.4 Å². The average Bonchev–Trinajstić information content (AvgIpc) is 3.44. The van der Waals surface area contributed by atoms with Crippen LogP contribution >= 0.6 is 27.5 Å². The van der Waals surface area contributed by atoms with E-state index in [0.29, 0.717) is 27.8 Å². The van der Waals surface area contributed by atoms with E-state index in [9.17, 15) is 14.0 Å². The van der Waals surface area contributed by atoms with E-state index in [1.165, 1.54) is 37.6 Å². The third kappa shape index (κ3) is 5.92. The minimum atomic E-state index is -0.590. The summed E-state index contributed by atoms with van der Waals surface area (Å²) in [6.45, 7) is -0.451. The first-order chi connectivity index (χ1) is 21.3. The van der Waals surface area contributed by atoms with Gasteiger partial charge in [0.2, 0.25) is 5.82 Å². The van der Waals surface area contributed by atoms with E-state index >= 15 is 0 Å². The van der Waals surface area contributed by atoms with Gasteiger partial charge in [-0.1, -0.05) is 51.8 Å². The quantitative estimate of drug-likeness (QED) is 0.170. The van der Waals surface area contributed by atoms with Gasteiger partial charge in [-0.05, 0) is 66.2 Å². The fourth-order valence-electron chi connectivity index (χ4n) is 4.48. The Morgan fingerprint density at radius 3 is 2.73 bits per heavy atom. The monoisotopic (exact) mass is 674 g/mol. The van der Waals surface area contributed by atoms with E-state index in [0.717, 1.165) is 14.5 Å². The van der Waals surface area contributed by atoms with E-state index in [-0.39, 0.29) is 28.0 Å². The maximum Gasteiger partial charge on any atom is 0.282 e. The molecule has 0 radical (unpaired) electrons. The number of benzene rings is 4. The molecule has 220 valence electrons. The van der Waals surface area contributed by atoms with E-state index in [1.54, 1.807) is 42.5 Å². The van der Waals surface area contributed by atoms with Crippen molar-refractivity contribution >= 4 is 67.2 Å². The van der Waals surface area contributed by atoms with Gasteiger partial charge in [0.25, 0.3) is 11.5 Å². The summed E-state index contributed by atoms with van der Waals surface area (Å²) in [5, 5.41) is 8.22. The summed E-state index contributed by atoms with van der Waals surface area (Å²) in [4.78, 5) is 30.6. The summed E-state index contributed by atoms with van der Waals surface area (Å²) in [6.07, 6.45) is 1.42. The molecule has 0 spiro atoms. The molecule has 0 fully saturated rings. The highest BCUT2D eigenvalue weighted by atomic mass is 79.9. The fourth-order valence-corrected chi connectivity index (χ4v) is 5.13. The molecule has 0 unspecified atom stereocenters. The van der Waals surface area contributed by atoms with Crippen molar-refractivity contribution in [2.45, 2.75) is 0 Å². The zero-order valence-corrected chi connectivity index (χ0v) is 25.2. The number of ether oxygens (including phenoxy) is 2. The van der Waals surface area contributed by atoms with Crippen LogP contribution < -0.4 is 20.3 Å². The molecule has 0 saturated heterocycles. The summed E-state index contributed by atoms with van der Waals surface area (Å²) in [5.74, 6) is -0.287. The second kappa shape index (κ2) is 12.3. The van der Waals surface area contributed by atoms with Crippen molar-refractivity contribution in [2.75, 3.05) is 19.0 Å². The van der Waals surface area contributed by atoms with Crippen molar-refractivity contribution in [3.8, 4) is 23.1 Å². The molecule has 1 N–H and O–H groups in total. The van der Waals surface area contributed by atoms with Crippen molar-refractivity contribution < 1.29 is 23.1 Å². The minimum Gasteiger partial charge on any atom is -0.493 e. The number of furan rings is 1. The minimum absolute atomic E-state index is 0.0269. The third-order valence-corrected chi connectivity index (χ3v) is 7.30. The molecule has 0 aliphatic rings. The number of anilines is 1. The molecule has 0 bridgehead atoms. The van der Waals surface area contributed by atoms with E-state index in [1.807, 2.05) is 18.2 Å². The predicted molar refractivity (Wildman–Crippen MR) is 170 cm³/mol. The first-order valence-corrected chi connectivity index (χ1v) is 14.3. The van der Waals surface area contributed by atoms with Crippen molar-refractivity contribution in [3.63, 3.8) is 0 Å². The number of rotatable bonds is 8. The lowest BCUT2D eigenvalue weighted by Crippen LogP contribution is -2.21. The number of para-hydroxylation sites is 2. The topological polar surface area (TPSA) is 108 Å². The molecule has 0 saturated carbocycles. The van der Waals surface area contributed by atoms with Crippen LogP contribution in [0.1, 0.15) is 5.56 Å². The van der Waals surface area contributed by atoms with Crippen molar-refractivity contribution in [2.24, 2.45) is 5.10 Å².